The molecule has 4 aromatic rings. The lowest BCUT2D eigenvalue weighted by molar-refractivity contribution is -0.643. The lowest BCUT2D eigenvalue weighted by Crippen LogP contribution is -2.28. The minimum absolute atomic E-state index is 0.501. The molecule has 5 heteroatoms. The third kappa shape index (κ3) is 2.99. The van der Waals surface area contributed by atoms with Gasteiger partial charge in [0.25, 0.3) is 5.52 Å². The van der Waals surface area contributed by atoms with E-state index in [2.05, 4.69) is 0 Å². The van der Waals surface area contributed by atoms with Gasteiger partial charge >= 0.3 is 6.18 Å². The van der Waals surface area contributed by atoms with E-state index in [1.807, 2.05) is 48.1 Å². The molecule has 0 spiro atoms. The summed E-state index contributed by atoms with van der Waals surface area (Å²) >= 11 is 0. The molecule has 2 nitrogen and oxygen atoms in total. The van der Waals surface area contributed by atoms with Crippen LogP contribution in [0.25, 0.3) is 32.8 Å². The van der Waals surface area contributed by atoms with Crippen LogP contribution in [0.2, 0.25) is 0 Å². The highest BCUT2D eigenvalue weighted by Crippen LogP contribution is 2.36. The average Bonchev–Trinajstić information content (AvgIpc) is 2.66. The number of hydrogen-bond donors (Lipinski definition) is 0. The molecule has 136 valence electrons. The minimum atomic E-state index is -4.38. The van der Waals surface area contributed by atoms with Gasteiger partial charge in [-0.05, 0) is 41.5 Å². The topological polar surface area (TPSA) is 13.1 Å². The molecule has 0 aliphatic rings. The van der Waals surface area contributed by atoms with Crippen LogP contribution in [0.4, 0.5) is 13.2 Å². The van der Waals surface area contributed by atoms with Gasteiger partial charge in [0.1, 0.15) is 7.05 Å². The highest BCUT2D eigenvalue weighted by atomic mass is 19.4. The molecule has 27 heavy (non-hydrogen) atoms. The van der Waals surface area contributed by atoms with E-state index in [0.717, 1.165) is 27.7 Å². The van der Waals surface area contributed by atoms with E-state index in [0.29, 0.717) is 16.9 Å². The fraction of sp³-hybridized carbons (Fsp3) is 0.136. The highest BCUT2D eigenvalue weighted by molar-refractivity contribution is 6.07. The highest BCUT2D eigenvalue weighted by Gasteiger charge is 2.30. The molecule has 0 bridgehead atoms. The van der Waals surface area contributed by atoms with Gasteiger partial charge in [-0.3, -0.25) is 0 Å². The fourth-order valence-corrected chi connectivity index (χ4v) is 3.50. The van der Waals surface area contributed by atoms with Gasteiger partial charge in [-0.1, -0.05) is 30.3 Å². The first-order chi connectivity index (χ1) is 12.9. The second-order valence-electron chi connectivity index (χ2n) is 6.48. The summed E-state index contributed by atoms with van der Waals surface area (Å²) in [5, 5.41) is 3.01. The quantitative estimate of drug-likeness (QED) is 0.336. The van der Waals surface area contributed by atoms with E-state index in [1.54, 1.807) is 19.2 Å². The second kappa shape index (κ2) is 6.27. The molecule has 0 atom stereocenters. The Morgan fingerprint density at radius 1 is 0.852 bits per heavy atom. The zero-order valence-electron chi connectivity index (χ0n) is 14.8. The summed E-state index contributed by atoms with van der Waals surface area (Å²) in [6.07, 6.45) is -2.36. The molecular weight excluding hydrogens is 351 g/mol. The SMILES string of the molecule is COc1cc(-c2cccc(C(F)(F)F)c2)cc2c3ccccc3c[n+](C)c12. The number of aryl methyl sites for hydroxylation is 1. The number of nitrogens with zero attached hydrogens (tertiary/aromatic N) is 1. The van der Waals surface area contributed by atoms with Crippen LogP contribution in [-0.4, -0.2) is 7.11 Å². The zero-order chi connectivity index (χ0) is 19.2. The number of methoxy groups -OCH3 is 1. The van der Waals surface area contributed by atoms with Crippen molar-refractivity contribution in [1.29, 1.82) is 0 Å². The number of alkyl halides is 3. The summed E-state index contributed by atoms with van der Waals surface area (Å²) in [7, 11) is 3.50. The van der Waals surface area contributed by atoms with Crippen LogP contribution in [-0.2, 0) is 13.2 Å². The van der Waals surface area contributed by atoms with E-state index in [1.165, 1.54) is 12.1 Å². The van der Waals surface area contributed by atoms with Crippen molar-refractivity contribution in [3.8, 4) is 16.9 Å². The maximum absolute atomic E-state index is 13.1. The van der Waals surface area contributed by atoms with Gasteiger partial charge in [-0.15, -0.1) is 0 Å². The van der Waals surface area contributed by atoms with Gasteiger partial charge in [0.15, 0.2) is 11.9 Å². The van der Waals surface area contributed by atoms with Gasteiger partial charge in [0.05, 0.1) is 18.1 Å². The largest absolute Gasteiger partial charge is 0.490 e. The number of aromatic nitrogens is 1. The first kappa shape index (κ1) is 17.3. The standard InChI is InChI=1S/C22H17F3NO/c1-26-13-15-6-3-4-9-18(15)19-11-16(12-20(27-2)21(19)26)14-7-5-8-17(10-14)22(23,24)25/h3-13H,1-2H3/q+1. The van der Waals surface area contributed by atoms with Crippen LogP contribution >= 0.6 is 0 Å². The van der Waals surface area contributed by atoms with Crippen molar-refractivity contribution >= 4 is 21.7 Å². The van der Waals surface area contributed by atoms with Crippen LogP contribution < -0.4 is 9.30 Å². The molecule has 0 saturated heterocycles. The maximum Gasteiger partial charge on any atom is 0.416 e. The molecule has 0 unspecified atom stereocenters. The number of hydrogen-bond acceptors (Lipinski definition) is 1. The van der Waals surface area contributed by atoms with Crippen molar-refractivity contribution in [1.82, 2.24) is 0 Å². The van der Waals surface area contributed by atoms with Crippen molar-refractivity contribution in [2.75, 3.05) is 7.11 Å². The monoisotopic (exact) mass is 368 g/mol. The Morgan fingerprint density at radius 3 is 2.37 bits per heavy atom. The Hall–Kier alpha value is -3.08. The lowest BCUT2D eigenvalue weighted by Gasteiger charge is -2.12. The van der Waals surface area contributed by atoms with Crippen molar-refractivity contribution in [2.45, 2.75) is 6.18 Å². The zero-order valence-corrected chi connectivity index (χ0v) is 14.8. The van der Waals surface area contributed by atoms with Gasteiger partial charge in [0, 0.05) is 10.8 Å². The van der Waals surface area contributed by atoms with Gasteiger partial charge in [0.2, 0.25) is 0 Å². The molecule has 1 heterocycles. The maximum atomic E-state index is 13.1. The minimum Gasteiger partial charge on any atom is -0.490 e. The molecule has 1 aromatic heterocycles. The number of pyridine rings is 1. The normalized spacial score (nSPS) is 11.9. The third-order valence-electron chi connectivity index (χ3n) is 4.75. The molecule has 0 saturated carbocycles. The van der Waals surface area contributed by atoms with Gasteiger partial charge in [-0.2, -0.15) is 17.7 Å². The predicted molar refractivity (Wildman–Crippen MR) is 99.6 cm³/mol. The summed E-state index contributed by atoms with van der Waals surface area (Å²) in [6.45, 7) is 0. The number of fused-ring (bicyclic) bond motifs is 3. The molecule has 3 aromatic carbocycles. The number of benzene rings is 3. The molecule has 0 aliphatic heterocycles. The second-order valence-corrected chi connectivity index (χ2v) is 6.48. The Bertz CT molecular complexity index is 1170. The Morgan fingerprint density at radius 2 is 1.63 bits per heavy atom. The first-order valence-corrected chi connectivity index (χ1v) is 8.45. The Labute approximate surface area is 154 Å². The fourth-order valence-electron chi connectivity index (χ4n) is 3.50. The number of halogens is 3. The van der Waals surface area contributed by atoms with Crippen molar-refractivity contribution < 1.29 is 22.5 Å². The molecule has 0 amide bonds. The summed E-state index contributed by atoms with van der Waals surface area (Å²) < 4.78 is 46.9. The lowest BCUT2D eigenvalue weighted by atomic mass is 9.98. The molecule has 0 fully saturated rings. The van der Waals surface area contributed by atoms with Crippen LogP contribution in [0.1, 0.15) is 5.56 Å². The summed E-state index contributed by atoms with van der Waals surface area (Å²) in [5.74, 6) is 0.619. The first-order valence-electron chi connectivity index (χ1n) is 8.45. The van der Waals surface area contributed by atoms with Crippen molar-refractivity contribution in [3.63, 3.8) is 0 Å². The summed E-state index contributed by atoms with van der Waals surface area (Å²) in [4.78, 5) is 0. The van der Waals surface area contributed by atoms with Gasteiger partial charge < -0.3 is 4.74 Å². The van der Waals surface area contributed by atoms with Crippen LogP contribution in [0.5, 0.6) is 5.75 Å². The van der Waals surface area contributed by atoms with Crippen molar-refractivity contribution in [2.24, 2.45) is 7.05 Å². The number of rotatable bonds is 2. The summed E-state index contributed by atoms with van der Waals surface area (Å²) in [6, 6.07) is 17.0. The molecular formula is C22H17F3NO+. The van der Waals surface area contributed by atoms with E-state index < -0.39 is 11.7 Å². The molecule has 0 radical (unpaired) electrons. The Balaban J connectivity index is 2.05. The molecule has 4 rings (SSSR count). The van der Waals surface area contributed by atoms with E-state index >= 15 is 0 Å². The number of ether oxygens (including phenoxy) is 1. The molecule has 0 aliphatic carbocycles. The van der Waals surface area contributed by atoms with Crippen LogP contribution in [0.3, 0.4) is 0 Å². The van der Waals surface area contributed by atoms with Crippen LogP contribution in [0.15, 0.2) is 66.9 Å². The van der Waals surface area contributed by atoms with E-state index in [-0.39, 0.29) is 0 Å². The van der Waals surface area contributed by atoms with E-state index in [9.17, 15) is 13.2 Å². The van der Waals surface area contributed by atoms with Gasteiger partial charge in [-0.25, -0.2) is 0 Å². The smallest absolute Gasteiger partial charge is 0.416 e. The van der Waals surface area contributed by atoms with Crippen molar-refractivity contribution in [3.05, 3.63) is 72.4 Å². The summed E-state index contributed by atoms with van der Waals surface area (Å²) in [5.41, 5.74) is 1.41. The average molecular weight is 368 g/mol. The third-order valence-corrected chi connectivity index (χ3v) is 4.75. The van der Waals surface area contributed by atoms with Crippen LogP contribution in [0, 0.1) is 0 Å². The molecule has 0 N–H and O–H groups in total. The Kier molecular flexibility index (Phi) is 4.02. The van der Waals surface area contributed by atoms with E-state index in [4.69, 9.17) is 4.74 Å². The predicted octanol–water partition coefficient (Wildman–Crippen LogP) is 5.51.